The minimum atomic E-state index is -0.516. The van der Waals surface area contributed by atoms with Gasteiger partial charge in [0.25, 0.3) is 0 Å². The van der Waals surface area contributed by atoms with Crippen molar-refractivity contribution in [1.82, 2.24) is 15.2 Å². The van der Waals surface area contributed by atoms with E-state index in [1.165, 1.54) is 42.3 Å². The predicted octanol–water partition coefficient (Wildman–Crippen LogP) is 4.87. The molecular formula is C19H14FN3O3S2. The predicted molar refractivity (Wildman–Crippen MR) is 105 cm³/mol. The number of benzene rings is 1. The lowest BCUT2D eigenvalue weighted by Crippen LogP contribution is -1.98. The number of rotatable bonds is 5. The van der Waals surface area contributed by atoms with Crippen molar-refractivity contribution in [3.63, 3.8) is 0 Å². The summed E-state index contributed by atoms with van der Waals surface area (Å²) in [4.78, 5) is 16.1. The minimum Gasteiger partial charge on any atom is -0.463 e. The number of furan rings is 1. The van der Waals surface area contributed by atoms with Crippen LogP contribution in [0.3, 0.4) is 0 Å². The first-order valence-electron chi connectivity index (χ1n) is 8.24. The zero-order valence-electron chi connectivity index (χ0n) is 14.9. The number of methoxy groups -OCH3 is 1. The van der Waals surface area contributed by atoms with Gasteiger partial charge in [-0.25, -0.2) is 14.2 Å². The van der Waals surface area contributed by atoms with E-state index in [2.05, 4.69) is 19.9 Å². The van der Waals surface area contributed by atoms with Crippen LogP contribution < -0.4 is 0 Å². The van der Waals surface area contributed by atoms with Crippen molar-refractivity contribution in [2.45, 2.75) is 17.7 Å². The Hall–Kier alpha value is -2.78. The molecule has 0 bridgehead atoms. The molecular weight excluding hydrogens is 401 g/mol. The summed E-state index contributed by atoms with van der Waals surface area (Å²) in [6.45, 7) is 1.92. The summed E-state index contributed by atoms with van der Waals surface area (Å²) < 4.78 is 24.3. The fourth-order valence-electron chi connectivity index (χ4n) is 2.62. The van der Waals surface area contributed by atoms with Gasteiger partial charge in [0.2, 0.25) is 5.76 Å². The Morgan fingerprint density at radius 3 is 2.75 bits per heavy atom. The summed E-state index contributed by atoms with van der Waals surface area (Å²) in [5, 5.41) is 10.2. The Kier molecular flexibility index (Phi) is 5.10. The van der Waals surface area contributed by atoms with E-state index in [9.17, 15) is 9.18 Å². The number of halogens is 1. The van der Waals surface area contributed by atoms with Crippen LogP contribution in [0.1, 0.15) is 21.3 Å². The number of esters is 1. The van der Waals surface area contributed by atoms with Gasteiger partial charge in [-0.3, -0.25) is 0 Å². The van der Waals surface area contributed by atoms with Crippen molar-refractivity contribution in [3.8, 4) is 11.3 Å². The van der Waals surface area contributed by atoms with E-state index in [-0.39, 0.29) is 11.6 Å². The number of aryl methyl sites for hydroxylation is 1. The maximum absolute atomic E-state index is 13.2. The highest BCUT2D eigenvalue weighted by Gasteiger charge is 2.17. The normalized spacial score (nSPS) is 11.1. The molecule has 0 saturated heterocycles. The number of hydrogen-bond acceptors (Lipinski definition) is 8. The first-order valence-corrected chi connectivity index (χ1v) is 10.0. The smallest absolute Gasteiger partial charge is 0.373 e. The van der Waals surface area contributed by atoms with Gasteiger partial charge >= 0.3 is 5.97 Å². The molecule has 28 heavy (non-hydrogen) atoms. The Morgan fingerprint density at radius 1 is 1.21 bits per heavy atom. The molecule has 0 aliphatic rings. The molecule has 0 radical (unpaired) electrons. The van der Waals surface area contributed by atoms with Crippen molar-refractivity contribution in [2.24, 2.45) is 0 Å². The fraction of sp³-hybridized carbons (Fsp3) is 0.158. The van der Waals surface area contributed by atoms with Crippen molar-refractivity contribution in [2.75, 3.05) is 7.11 Å². The van der Waals surface area contributed by atoms with Gasteiger partial charge in [-0.05, 0) is 43.3 Å². The van der Waals surface area contributed by atoms with E-state index in [4.69, 9.17) is 4.42 Å². The highest BCUT2D eigenvalue weighted by Crippen LogP contribution is 2.36. The molecule has 9 heteroatoms. The molecule has 3 aromatic heterocycles. The zero-order valence-corrected chi connectivity index (χ0v) is 16.6. The van der Waals surface area contributed by atoms with E-state index in [1.54, 1.807) is 24.3 Å². The third kappa shape index (κ3) is 3.63. The molecule has 0 spiro atoms. The standard InChI is InChI=1S/C19H14FN3O3S2/c1-10-21-16-17(28-10)15(11-3-5-12(20)6-4-11)22-23-18(16)27-9-13-7-8-14(26-13)19(24)25-2/h3-8H,9H2,1-2H3. The number of fused-ring (bicyclic) bond motifs is 1. The van der Waals surface area contributed by atoms with Gasteiger partial charge in [0.1, 0.15) is 27.8 Å². The van der Waals surface area contributed by atoms with Crippen molar-refractivity contribution < 1.29 is 18.3 Å². The molecule has 0 unspecified atom stereocenters. The monoisotopic (exact) mass is 415 g/mol. The highest BCUT2D eigenvalue weighted by atomic mass is 32.2. The molecule has 0 aliphatic carbocycles. The van der Waals surface area contributed by atoms with E-state index in [0.29, 0.717) is 22.2 Å². The van der Waals surface area contributed by atoms with Gasteiger partial charge in [-0.2, -0.15) is 0 Å². The number of thiazole rings is 1. The topological polar surface area (TPSA) is 78.1 Å². The number of carbonyl (C=O) groups is 1. The third-order valence-electron chi connectivity index (χ3n) is 3.91. The Balaban J connectivity index is 1.63. The van der Waals surface area contributed by atoms with Crippen LogP contribution in [-0.4, -0.2) is 28.3 Å². The maximum atomic E-state index is 13.2. The van der Waals surface area contributed by atoms with Crippen LogP contribution in [0, 0.1) is 12.7 Å². The van der Waals surface area contributed by atoms with Gasteiger partial charge in [0.15, 0.2) is 0 Å². The van der Waals surface area contributed by atoms with Crippen molar-refractivity contribution in [3.05, 3.63) is 58.7 Å². The molecule has 142 valence electrons. The van der Waals surface area contributed by atoms with E-state index in [1.807, 2.05) is 6.92 Å². The lowest BCUT2D eigenvalue weighted by atomic mass is 10.1. The largest absolute Gasteiger partial charge is 0.463 e. The summed E-state index contributed by atoms with van der Waals surface area (Å²) in [6, 6.07) is 9.46. The van der Waals surface area contributed by atoms with E-state index >= 15 is 0 Å². The van der Waals surface area contributed by atoms with Crippen LogP contribution in [0.15, 0.2) is 45.8 Å². The van der Waals surface area contributed by atoms with Crippen LogP contribution in [0.25, 0.3) is 21.5 Å². The van der Waals surface area contributed by atoms with Gasteiger partial charge in [-0.15, -0.1) is 21.5 Å². The molecule has 4 rings (SSSR count). The Morgan fingerprint density at radius 2 is 2.00 bits per heavy atom. The minimum absolute atomic E-state index is 0.158. The maximum Gasteiger partial charge on any atom is 0.373 e. The number of aromatic nitrogens is 3. The summed E-state index contributed by atoms with van der Waals surface area (Å²) in [5.41, 5.74) is 2.21. The zero-order chi connectivity index (χ0) is 19.7. The number of ether oxygens (including phenoxy) is 1. The van der Waals surface area contributed by atoms with Crippen LogP contribution in [0.2, 0.25) is 0 Å². The number of thioether (sulfide) groups is 1. The second-order valence-electron chi connectivity index (χ2n) is 5.82. The van der Waals surface area contributed by atoms with Crippen LogP contribution in [0.4, 0.5) is 4.39 Å². The van der Waals surface area contributed by atoms with E-state index in [0.717, 1.165) is 20.8 Å². The van der Waals surface area contributed by atoms with E-state index < -0.39 is 5.97 Å². The van der Waals surface area contributed by atoms with Gasteiger partial charge in [0.05, 0.1) is 22.6 Å². The molecule has 1 aromatic carbocycles. The summed E-state index contributed by atoms with van der Waals surface area (Å²) in [6.07, 6.45) is 0. The average Bonchev–Trinajstić information content (AvgIpc) is 3.32. The number of carbonyl (C=O) groups excluding carboxylic acids is 1. The Labute approximate surface area is 167 Å². The Bertz CT molecular complexity index is 1160. The molecule has 3 heterocycles. The number of hydrogen-bond donors (Lipinski definition) is 0. The lowest BCUT2D eigenvalue weighted by molar-refractivity contribution is 0.0563. The average molecular weight is 415 g/mol. The van der Waals surface area contributed by atoms with Crippen LogP contribution >= 0.6 is 23.1 Å². The third-order valence-corrected chi connectivity index (χ3v) is 5.86. The molecule has 0 saturated carbocycles. The summed E-state index contributed by atoms with van der Waals surface area (Å²) >= 11 is 2.94. The van der Waals surface area contributed by atoms with Gasteiger partial charge in [0, 0.05) is 5.56 Å². The lowest BCUT2D eigenvalue weighted by Gasteiger charge is -2.04. The van der Waals surface area contributed by atoms with Gasteiger partial charge < -0.3 is 9.15 Å². The van der Waals surface area contributed by atoms with Crippen molar-refractivity contribution in [1.29, 1.82) is 0 Å². The van der Waals surface area contributed by atoms with Crippen LogP contribution in [0.5, 0.6) is 0 Å². The fourth-order valence-corrected chi connectivity index (χ4v) is 4.43. The SMILES string of the molecule is COC(=O)c1ccc(CSc2nnc(-c3ccc(F)cc3)c3sc(C)nc23)o1. The molecule has 0 fully saturated rings. The summed E-state index contributed by atoms with van der Waals surface area (Å²) in [7, 11) is 1.30. The van der Waals surface area contributed by atoms with Gasteiger partial charge in [-0.1, -0.05) is 11.8 Å². The summed E-state index contributed by atoms with van der Waals surface area (Å²) in [5.74, 6) is 0.427. The first kappa shape index (κ1) is 18.6. The first-order chi connectivity index (χ1) is 13.5. The molecule has 0 atom stereocenters. The molecule has 4 aromatic rings. The molecule has 6 nitrogen and oxygen atoms in total. The second-order valence-corrected chi connectivity index (χ2v) is 7.98. The van der Waals surface area contributed by atoms with Crippen molar-refractivity contribution >= 4 is 39.3 Å². The van der Waals surface area contributed by atoms with Crippen LogP contribution in [-0.2, 0) is 10.5 Å². The second kappa shape index (κ2) is 7.69. The quantitative estimate of drug-likeness (QED) is 0.340. The molecule has 0 aliphatic heterocycles. The highest BCUT2D eigenvalue weighted by molar-refractivity contribution is 7.98. The molecule has 0 amide bonds. The molecule has 0 N–H and O–H groups in total. The number of nitrogens with zero attached hydrogens (tertiary/aromatic N) is 3.